The molecule has 1 heterocycles. The second-order valence-corrected chi connectivity index (χ2v) is 4.09. The first-order chi connectivity index (χ1) is 6.60. The van der Waals surface area contributed by atoms with Crippen LogP contribution in [0.5, 0.6) is 0 Å². The average molecular weight is 200 g/mol. The molecule has 0 radical (unpaired) electrons. The van der Waals surface area contributed by atoms with Crippen LogP contribution in [0, 0.1) is 0 Å². The highest BCUT2D eigenvalue weighted by molar-refractivity contribution is 5.79. The molecule has 1 atom stereocenters. The number of nitrogens with one attached hydrogen (secondary N) is 2. The lowest BCUT2D eigenvalue weighted by atomic mass is 9.87. The monoisotopic (exact) mass is 200 g/mol. The molecule has 14 heavy (non-hydrogen) atoms. The number of aliphatic carboxylic acids is 1. The molecular weight excluding hydrogens is 180 g/mol. The van der Waals surface area contributed by atoms with Gasteiger partial charge in [-0.05, 0) is 39.3 Å². The van der Waals surface area contributed by atoms with Crippen molar-refractivity contribution in [3.05, 3.63) is 0 Å². The van der Waals surface area contributed by atoms with Crippen LogP contribution in [-0.2, 0) is 4.79 Å². The lowest BCUT2D eigenvalue weighted by Gasteiger charge is -2.36. The van der Waals surface area contributed by atoms with Crippen molar-refractivity contribution in [2.24, 2.45) is 0 Å². The summed E-state index contributed by atoms with van der Waals surface area (Å²) in [5.41, 5.74) is -0.694. The smallest absolute Gasteiger partial charge is 0.324 e. The fourth-order valence-corrected chi connectivity index (χ4v) is 1.85. The molecule has 0 aromatic heterocycles. The van der Waals surface area contributed by atoms with E-state index in [4.69, 9.17) is 0 Å². The maximum Gasteiger partial charge on any atom is 0.324 e. The summed E-state index contributed by atoms with van der Waals surface area (Å²) in [6.45, 7) is 5.67. The van der Waals surface area contributed by atoms with Gasteiger partial charge >= 0.3 is 5.97 Å². The van der Waals surface area contributed by atoms with E-state index in [1.54, 1.807) is 0 Å². The van der Waals surface area contributed by atoms with Crippen LogP contribution in [0.4, 0.5) is 0 Å². The number of rotatable bonds is 4. The Labute approximate surface area is 85.1 Å². The van der Waals surface area contributed by atoms with Gasteiger partial charge in [-0.15, -0.1) is 0 Å². The first kappa shape index (κ1) is 11.5. The van der Waals surface area contributed by atoms with Crippen LogP contribution in [-0.4, -0.2) is 35.7 Å². The fraction of sp³-hybridized carbons (Fsp3) is 0.900. The van der Waals surface area contributed by atoms with Crippen LogP contribution in [0.3, 0.4) is 0 Å². The van der Waals surface area contributed by atoms with Crippen molar-refractivity contribution in [2.75, 3.05) is 13.1 Å². The van der Waals surface area contributed by atoms with Crippen molar-refractivity contribution in [1.82, 2.24) is 10.6 Å². The minimum Gasteiger partial charge on any atom is -0.480 e. The number of hydrogen-bond donors (Lipinski definition) is 3. The Morgan fingerprint density at radius 3 is 2.57 bits per heavy atom. The highest BCUT2D eigenvalue weighted by Crippen LogP contribution is 2.19. The molecule has 3 N–H and O–H groups in total. The molecule has 0 spiro atoms. The summed E-state index contributed by atoms with van der Waals surface area (Å²) in [4.78, 5) is 11.2. The Morgan fingerprint density at radius 1 is 1.57 bits per heavy atom. The van der Waals surface area contributed by atoms with E-state index in [1.165, 1.54) is 0 Å². The maximum absolute atomic E-state index is 11.2. The summed E-state index contributed by atoms with van der Waals surface area (Å²) in [6, 6.07) is 0.268. The molecule has 1 fully saturated rings. The second-order valence-electron chi connectivity index (χ2n) is 4.09. The number of piperidine rings is 1. The third-order valence-corrected chi connectivity index (χ3v) is 3.00. The minimum absolute atomic E-state index is 0.268. The normalized spacial score (nSPS) is 23.0. The van der Waals surface area contributed by atoms with Crippen molar-refractivity contribution < 1.29 is 9.90 Å². The van der Waals surface area contributed by atoms with E-state index in [9.17, 15) is 9.90 Å². The summed E-state index contributed by atoms with van der Waals surface area (Å²) >= 11 is 0. The second kappa shape index (κ2) is 4.75. The molecule has 1 unspecified atom stereocenters. The zero-order valence-corrected chi connectivity index (χ0v) is 8.97. The molecule has 4 nitrogen and oxygen atoms in total. The zero-order chi connectivity index (χ0) is 10.6. The summed E-state index contributed by atoms with van der Waals surface area (Å²) < 4.78 is 0. The molecule has 1 aliphatic rings. The maximum atomic E-state index is 11.2. The van der Waals surface area contributed by atoms with Crippen molar-refractivity contribution in [1.29, 1.82) is 0 Å². The topological polar surface area (TPSA) is 61.4 Å². The van der Waals surface area contributed by atoms with Gasteiger partial charge in [0.15, 0.2) is 0 Å². The van der Waals surface area contributed by atoms with E-state index in [2.05, 4.69) is 17.6 Å². The molecule has 0 bridgehead atoms. The van der Waals surface area contributed by atoms with Gasteiger partial charge in [0.1, 0.15) is 5.54 Å². The van der Waals surface area contributed by atoms with E-state index in [1.807, 2.05) is 6.92 Å². The van der Waals surface area contributed by atoms with Crippen molar-refractivity contribution in [2.45, 2.75) is 44.7 Å². The molecule has 4 heteroatoms. The molecular formula is C10H20N2O2. The van der Waals surface area contributed by atoms with Gasteiger partial charge in [0, 0.05) is 6.04 Å². The summed E-state index contributed by atoms with van der Waals surface area (Å²) in [7, 11) is 0. The van der Waals surface area contributed by atoms with Crippen LogP contribution in [0.15, 0.2) is 0 Å². The van der Waals surface area contributed by atoms with Crippen LogP contribution in [0.2, 0.25) is 0 Å². The van der Waals surface area contributed by atoms with E-state index in [0.29, 0.717) is 12.8 Å². The minimum atomic E-state index is -0.709. The molecule has 1 rings (SSSR count). The van der Waals surface area contributed by atoms with Crippen molar-refractivity contribution >= 4 is 5.97 Å². The molecule has 1 saturated heterocycles. The SMILES string of the molecule is CCC(C)NC1(C(=O)O)CCNCC1. The van der Waals surface area contributed by atoms with Gasteiger partial charge in [-0.1, -0.05) is 6.92 Å². The third-order valence-electron chi connectivity index (χ3n) is 3.00. The van der Waals surface area contributed by atoms with E-state index in [-0.39, 0.29) is 6.04 Å². The summed E-state index contributed by atoms with van der Waals surface area (Å²) in [5.74, 6) is -0.709. The Balaban J connectivity index is 2.65. The van der Waals surface area contributed by atoms with Gasteiger partial charge in [-0.3, -0.25) is 10.1 Å². The predicted octanol–water partition coefficient (Wildman–Crippen LogP) is 0.581. The van der Waals surface area contributed by atoms with Crippen LogP contribution < -0.4 is 10.6 Å². The van der Waals surface area contributed by atoms with Gasteiger partial charge in [0.25, 0.3) is 0 Å². The van der Waals surface area contributed by atoms with E-state index < -0.39 is 11.5 Å². The molecule has 82 valence electrons. The molecule has 0 aromatic carbocycles. The van der Waals surface area contributed by atoms with Gasteiger partial charge in [-0.2, -0.15) is 0 Å². The van der Waals surface area contributed by atoms with Gasteiger partial charge in [-0.25, -0.2) is 0 Å². The number of carbonyl (C=O) groups is 1. The average Bonchev–Trinajstić information content (AvgIpc) is 2.19. The van der Waals surface area contributed by atoms with E-state index in [0.717, 1.165) is 19.5 Å². The molecule has 0 aromatic rings. The van der Waals surface area contributed by atoms with Gasteiger partial charge in [0.2, 0.25) is 0 Å². The molecule has 0 aliphatic carbocycles. The quantitative estimate of drug-likeness (QED) is 0.621. The lowest BCUT2D eigenvalue weighted by molar-refractivity contribution is -0.146. The number of hydrogen-bond acceptors (Lipinski definition) is 3. The Morgan fingerprint density at radius 2 is 2.14 bits per heavy atom. The largest absolute Gasteiger partial charge is 0.480 e. The highest BCUT2D eigenvalue weighted by atomic mass is 16.4. The van der Waals surface area contributed by atoms with Gasteiger partial charge in [0.05, 0.1) is 0 Å². The Bertz CT molecular complexity index is 200. The summed E-state index contributed by atoms with van der Waals surface area (Å²) in [5, 5.41) is 15.7. The summed E-state index contributed by atoms with van der Waals surface area (Å²) in [6.07, 6.45) is 2.31. The molecule has 0 saturated carbocycles. The first-order valence-corrected chi connectivity index (χ1v) is 5.32. The number of carboxylic acid groups (broad SMARTS) is 1. The molecule has 0 amide bonds. The third kappa shape index (κ3) is 2.45. The Kier molecular flexibility index (Phi) is 3.89. The highest BCUT2D eigenvalue weighted by Gasteiger charge is 2.39. The van der Waals surface area contributed by atoms with Crippen LogP contribution in [0.25, 0.3) is 0 Å². The van der Waals surface area contributed by atoms with Crippen molar-refractivity contribution in [3.63, 3.8) is 0 Å². The van der Waals surface area contributed by atoms with Crippen LogP contribution >= 0.6 is 0 Å². The van der Waals surface area contributed by atoms with E-state index >= 15 is 0 Å². The zero-order valence-electron chi connectivity index (χ0n) is 8.97. The number of carboxylic acids is 1. The Hall–Kier alpha value is -0.610. The van der Waals surface area contributed by atoms with Crippen LogP contribution in [0.1, 0.15) is 33.1 Å². The predicted molar refractivity (Wildman–Crippen MR) is 55.4 cm³/mol. The standard InChI is InChI=1S/C10H20N2O2/c1-3-8(2)12-10(9(13)14)4-6-11-7-5-10/h8,11-12H,3-7H2,1-2H3,(H,13,14). The molecule has 1 aliphatic heterocycles. The first-order valence-electron chi connectivity index (χ1n) is 5.32. The van der Waals surface area contributed by atoms with Gasteiger partial charge < -0.3 is 10.4 Å². The lowest BCUT2D eigenvalue weighted by Crippen LogP contribution is -2.60. The van der Waals surface area contributed by atoms with Crippen molar-refractivity contribution in [3.8, 4) is 0 Å². The fourth-order valence-electron chi connectivity index (χ4n) is 1.85.